The van der Waals surface area contributed by atoms with Crippen molar-refractivity contribution >= 4 is 29.0 Å². The Balaban J connectivity index is 1.57. The minimum absolute atomic E-state index is 0.106. The Morgan fingerprint density at radius 3 is 2.71 bits per heavy atom. The highest BCUT2D eigenvalue weighted by Gasteiger charge is 2.10. The SMILES string of the molecule is O=C(ON=CCc1nc2ccccc2o1)c1ccc([N+](=O)[O-])cc1. The van der Waals surface area contributed by atoms with E-state index in [4.69, 9.17) is 9.25 Å². The molecule has 0 spiro atoms. The maximum absolute atomic E-state index is 11.7. The van der Waals surface area contributed by atoms with Gasteiger partial charge in [-0.05, 0) is 24.3 Å². The molecule has 1 heterocycles. The van der Waals surface area contributed by atoms with Crippen molar-refractivity contribution in [1.82, 2.24) is 4.98 Å². The van der Waals surface area contributed by atoms with Crippen LogP contribution < -0.4 is 0 Å². The summed E-state index contributed by atoms with van der Waals surface area (Å²) in [7, 11) is 0. The van der Waals surface area contributed by atoms with Gasteiger partial charge in [0, 0.05) is 12.1 Å². The summed E-state index contributed by atoms with van der Waals surface area (Å²) in [6.07, 6.45) is 1.62. The fourth-order valence-corrected chi connectivity index (χ4v) is 1.98. The van der Waals surface area contributed by atoms with Crippen LogP contribution in [0.3, 0.4) is 0 Å². The second-order valence-electron chi connectivity index (χ2n) is 4.75. The Morgan fingerprint density at radius 2 is 2.00 bits per heavy atom. The van der Waals surface area contributed by atoms with Gasteiger partial charge in [0.15, 0.2) is 5.58 Å². The molecule has 0 saturated carbocycles. The number of oxazole rings is 1. The van der Waals surface area contributed by atoms with Crippen molar-refractivity contribution in [2.75, 3.05) is 0 Å². The predicted octanol–water partition coefficient (Wildman–Crippen LogP) is 3.12. The third-order valence-corrected chi connectivity index (χ3v) is 3.13. The van der Waals surface area contributed by atoms with Crippen LogP contribution in [-0.2, 0) is 11.3 Å². The van der Waals surface area contributed by atoms with Crippen LogP contribution in [0.2, 0.25) is 0 Å². The van der Waals surface area contributed by atoms with Crippen LogP contribution in [-0.4, -0.2) is 22.1 Å². The molecule has 24 heavy (non-hydrogen) atoms. The molecule has 0 N–H and O–H groups in total. The van der Waals surface area contributed by atoms with Crippen LogP contribution in [0.15, 0.2) is 58.1 Å². The Morgan fingerprint density at radius 1 is 1.25 bits per heavy atom. The van der Waals surface area contributed by atoms with Crippen LogP contribution >= 0.6 is 0 Å². The Labute approximate surface area is 135 Å². The van der Waals surface area contributed by atoms with E-state index in [0.717, 1.165) is 5.52 Å². The van der Waals surface area contributed by atoms with Crippen LogP contribution in [0.25, 0.3) is 11.1 Å². The highest BCUT2D eigenvalue weighted by atomic mass is 16.7. The molecular formula is C16H11N3O5. The number of non-ortho nitro benzene ring substituents is 1. The number of nitro benzene ring substituents is 1. The summed E-state index contributed by atoms with van der Waals surface area (Å²) in [5.74, 6) is -0.259. The van der Waals surface area contributed by atoms with Crippen LogP contribution in [0, 0.1) is 10.1 Å². The van der Waals surface area contributed by atoms with Crippen LogP contribution in [0.5, 0.6) is 0 Å². The lowest BCUT2D eigenvalue weighted by Gasteiger charge is -1.97. The van der Waals surface area contributed by atoms with E-state index in [9.17, 15) is 14.9 Å². The van der Waals surface area contributed by atoms with Crippen LogP contribution in [0.4, 0.5) is 5.69 Å². The number of aromatic nitrogens is 1. The van der Waals surface area contributed by atoms with Gasteiger partial charge in [-0.3, -0.25) is 10.1 Å². The molecule has 3 aromatic rings. The number of para-hydroxylation sites is 2. The molecule has 0 bridgehead atoms. The molecule has 0 saturated heterocycles. The largest absolute Gasteiger partial charge is 0.440 e. The maximum atomic E-state index is 11.7. The van der Waals surface area contributed by atoms with Crippen molar-refractivity contribution in [2.45, 2.75) is 6.42 Å². The van der Waals surface area contributed by atoms with Crippen molar-refractivity contribution in [2.24, 2.45) is 5.16 Å². The van der Waals surface area contributed by atoms with Gasteiger partial charge in [-0.1, -0.05) is 17.3 Å². The summed E-state index contributed by atoms with van der Waals surface area (Å²) >= 11 is 0. The van der Waals surface area contributed by atoms with Crippen molar-refractivity contribution in [3.8, 4) is 0 Å². The smallest absolute Gasteiger partial charge is 0.365 e. The Kier molecular flexibility index (Phi) is 4.28. The summed E-state index contributed by atoms with van der Waals surface area (Å²) in [4.78, 5) is 30.7. The zero-order valence-electron chi connectivity index (χ0n) is 12.3. The molecule has 0 unspecified atom stereocenters. The van der Waals surface area contributed by atoms with E-state index in [1.165, 1.54) is 30.5 Å². The summed E-state index contributed by atoms with van der Waals surface area (Å²) in [5, 5.41) is 14.1. The zero-order chi connectivity index (χ0) is 16.9. The molecular weight excluding hydrogens is 314 g/mol. The normalized spacial score (nSPS) is 11.0. The highest BCUT2D eigenvalue weighted by Crippen LogP contribution is 2.15. The third-order valence-electron chi connectivity index (χ3n) is 3.13. The Hall–Kier alpha value is -3.55. The number of hydrogen-bond donors (Lipinski definition) is 0. The van der Waals surface area contributed by atoms with Crippen molar-refractivity contribution in [3.63, 3.8) is 0 Å². The van der Waals surface area contributed by atoms with E-state index in [2.05, 4.69) is 10.1 Å². The first-order valence-corrected chi connectivity index (χ1v) is 6.95. The molecule has 3 rings (SSSR count). The lowest BCUT2D eigenvalue weighted by atomic mass is 10.2. The number of nitro groups is 1. The standard InChI is InChI=1S/C16H11N3O5/c20-16(11-5-7-12(8-6-11)19(21)22)24-17-10-9-15-18-13-3-1-2-4-14(13)23-15/h1-8,10H,9H2. The van der Waals surface area contributed by atoms with E-state index in [1.54, 1.807) is 6.07 Å². The lowest BCUT2D eigenvalue weighted by molar-refractivity contribution is -0.384. The number of benzene rings is 2. The first-order valence-electron chi connectivity index (χ1n) is 6.95. The number of hydrogen-bond acceptors (Lipinski definition) is 7. The fraction of sp³-hybridized carbons (Fsp3) is 0.0625. The van der Waals surface area contributed by atoms with Gasteiger partial charge < -0.3 is 9.25 Å². The quantitative estimate of drug-likeness (QED) is 0.309. The molecule has 2 aromatic carbocycles. The third kappa shape index (κ3) is 3.43. The lowest BCUT2D eigenvalue weighted by Crippen LogP contribution is -2.01. The van der Waals surface area contributed by atoms with Gasteiger partial charge in [0.2, 0.25) is 5.89 Å². The molecule has 8 nitrogen and oxygen atoms in total. The summed E-state index contributed by atoms with van der Waals surface area (Å²) in [6.45, 7) is 0. The molecule has 1 aromatic heterocycles. The molecule has 0 amide bonds. The first-order chi connectivity index (χ1) is 11.6. The second-order valence-corrected chi connectivity index (χ2v) is 4.75. The first kappa shape index (κ1) is 15.3. The minimum atomic E-state index is -0.710. The summed E-state index contributed by atoms with van der Waals surface area (Å²) < 4.78 is 5.49. The highest BCUT2D eigenvalue weighted by molar-refractivity contribution is 5.89. The van der Waals surface area contributed by atoms with E-state index in [-0.39, 0.29) is 17.7 Å². The number of rotatable bonds is 5. The van der Waals surface area contributed by atoms with Crippen molar-refractivity contribution in [1.29, 1.82) is 0 Å². The monoisotopic (exact) mass is 325 g/mol. The van der Waals surface area contributed by atoms with E-state index in [1.807, 2.05) is 18.2 Å². The van der Waals surface area contributed by atoms with Gasteiger partial charge >= 0.3 is 5.97 Å². The fourth-order valence-electron chi connectivity index (χ4n) is 1.98. The molecule has 0 radical (unpaired) electrons. The van der Waals surface area contributed by atoms with E-state index in [0.29, 0.717) is 11.5 Å². The average molecular weight is 325 g/mol. The molecule has 0 aliphatic heterocycles. The van der Waals surface area contributed by atoms with Gasteiger partial charge in [-0.2, -0.15) is 0 Å². The molecule has 0 fully saturated rings. The topological polar surface area (TPSA) is 108 Å². The van der Waals surface area contributed by atoms with Gasteiger partial charge in [0.25, 0.3) is 5.69 Å². The maximum Gasteiger partial charge on any atom is 0.365 e. The summed E-state index contributed by atoms with van der Waals surface area (Å²) in [6, 6.07) is 12.4. The van der Waals surface area contributed by atoms with Crippen molar-refractivity contribution < 1.29 is 19.0 Å². The molecule has 120 valence electrons. The average Bonchev–Trinajstić information content (AvgIpc) is 3.01. The molecule has 8 heteroatoms. The molecule has 0 atom stereocenters. The molecule has 0 aliphatic carbocycles. The molecule has 0 aliphatic rings. The van der Waals surface area contributed by atoms with Gasteiger partial charge in [-0.25, -0.2) is 9.78 Å². The number of carbonyl (C=O) groups excluding carboxylic acids is 1. The van der Waals surface area contributed by atoms with Gasteiger partial charge in [0.05, 0.1) is 23.1 Å². The van der Waals surface area contributed by atoms with E-state index >= 15 is 0 Å². The predicted molar refractivity (Wildman–Crippen MR) is 84.7 cm³/mol. The number of fused-ring (bicyclic) bond motifs is 1. The number of carbonyl (C=O) groups is 1. The minimum Gasteiger partial charge on any atom is -0.440 e. The van der Waals surface area contributed by atoms with E-state index < -0.39 is 10.9 Å². The zero-order valence-corrected chi connectivity index (χ0v) is 12.3. The summed E-state index contributed by atoms with van der Waals surface area (Å²) in [5.41, 5.74) is 1.47. The van der Waals surface area contributed by atoms with Gasteiger partial charge in [-0.15, -0.1) is 0 Å². The number of nitrogens with zero attached hydrogens (tertiary/aromatic N) is 3. The van der Waals surface area contributed by atoms with Crippen LogP contribution in [0.1, 0.15) is 16.2 Å². The second kappa shape index (κ2) is 6.69. The van der Waals surface area contributed by atoms with Crippen molar-refractivity contribution in [3.05, 3.63) is 70.1 Å². The van der Waals surface area contributed by atoms with Gasteiger partial charge in [0.1, 0.15) is 5.52 Å². The number of oxime groups is 1. The Bertz CT molecular complexity index is 882.